The molecule has 1 atom stereocenters. The molecule has 0 aliphatic heterocycles. The molecule has 2 aromatic carbocycles. The van der Waals surface area contributed by atoms with E-state index in [2.05, 4.69) is 4.98 Å². The molecule has 4 heteroatoms. The van der Waals surface area contributed by atoms with Gasteiger partial charge in [0, 0.05) is 5.69 Å². The van der Waals surface area contributed by atoms with E-state index in [1.54, 1.807) is 18.5 Å². The van der Waals surface area contributed by atoms with Crippen molar-refractivity contribution in [3.05, 3.63) is 60.2 Å². The molecule has 0 aliphatic rings. The Morgan fingerprint density at radius 3 is 2.84 bits per heavy atom. The average molecular weight is 255 g/mol. The number of benzene rings is 2. The van der Waals surface area contributed by atoms with Gasteiger partial charge in [0.25, 0.3) is 0 Å². The summed E-state index contributed by atoms with van der Waals surface area (Å²) in [5.41, 5.74) is 9.19. The number of rotatable bonds is 2. The zero-order chi connectivity index (χ0) is 13.4. The Bertz CT molecular complexity index is 733. The normalized spacial score (nSPS) is 12.7. The summed E-state index contributed by atoms with van der Waals surface area (Å²) in [6.45, 7) is 2.02. The molecule has 3 aromatic rings. The summed E-state index contributed by atoms with van der Waals surface area (Å²) in [6.07, 6.45) is 1.76. The summed E-state index contributed by atoms with van der Waals surface area (Å²) in [6, 6.07) is 12.3. The molecular weight excluding hydrogens is 241 g/mol. The van der Waals surface area contributed by atoms with E-state index in [-0.39, 0.29) is 11.9 Å². The van der Waals surface area contributed by atoms with Crippen LogP contribution in [0.3, 0.4) is 0 Å². The zero-order valence-corrected chi connectivity index (χ0v) is 10.5. The molecule has 1 heterocycles. The summed E-state index contributed by atoms with van der Waals surface area (Å²) in [7, 11) is 0. The number of nitrogens with zero attached hydrogens (tertiary/aromatic N) is 2. The second kappa shape index (κ2) is 4.39. The first-order chi connectivity index (χ1) is 9.15. The van der Waals surface area contributed by atoms with Crippen LogP contribution in [0.25, 0.3) is 11.0 Å². The van der Waals surface area contributed by atoms with Crippen LogP contribution in [0.4, 0.5) is 10.1 Å². The predicted molar refractivity (Wildman–Crippen MR) is 74.4 cm³/mol. The summed E-state index contributed by atoms with van der Waals surface area (Å²) >= 11 is 0. The molecule has 0 fully saturated rings. The number of aromatic nitrogens is 2. The third-order valence-electron chi connectivity index (χ3n) is 3.35. The molecule has 0 saturated carbocycles. The van der Waals surface area contributed by atoms with Gasteiger partial charge in [-0.25, -0.2) is 9.37 Å². The number of anilines is 1. The maximum atomic E-state index is 13.3. The number of hydrogen-bond donors (Lipinski definition) is 1. The van der Waals surface area contributed by atoms with E-state index >= 15 is 0 Å². The van der Waals surface area contributed by atoms with Gasteiger partial charge in [-0.15, -0.1) is 0 Å². The van der Waals surface area contributed by atoms with E-state index in [0.29, 0.717) is 5.69 Å². The average Bonchev–Trinajstić information content (AvgIpc) is 2.80. The summed E-state index contributed by atoms with van der Waals surface area (Å²) in [5.74, 6) is -0.224. The third kappa shape index (κ3) is 2.05. The van der Waals surface area contributed by atoms with Crippen molar-refractivity contribution in [2.45, 2.75) is 13.0 Å². The minimum Gasteiger partial charge on any atom is -0.399 e. The van der Waals surface area contributed by atoms with E-state index in [9.17, 15) is 4.39 Å². The molecule has 0 spiro atoms. The van der Waals surface area contributed by atoms with Crippen LogP contribution in [0.5, 0.6) is 0 Å². The largest absolute Gasteiger partial charge is 0.399 e. The van der Waals surface area contributed by atoms with Gasteiger partial charge in [0.2, 0.25) is 0 Å². The van der Waals surface area contributed by atoms with Crippen molar-refractivity contribution >= 4 is 16.7 Å². The first kappa shape index (κ1) is 11.7. The van der Waals surface area contributed by atoms with Crippen molar-refractivity contribution in [3.63, 3.8) is 0 Å². The van der Waals surface area contributed by atoms with Crippen molar-refractivity contribution in [2.75, 3.05) is 5.73 Å². The molecule has 0 amide bonds. The quantitative estimate of drug-likeness (QED) is 0.713. The lowest BCUT2D eigenvalue weighted by Crippen LogP contribution is -2.05. The second-order valence-electron chi connectivity index (χ2n) is 4.63. The molecule has 0 aliphatic carbocycles. The number of imidazole rings is 1. The maximum absolute atomic E-state index is 13.3. The van der Waals surface area contributed by atoms with Crippen LogP contribution < -0.4 is 5.73 Å². The lowest BCUT2D eigenvalue weighted by Gasteiger charge is -2.15. The van der Waals surface area contributed by atoms with Crippen LogP contribution in [0.2, 0.25) is 0 Å². The number of halogens is 1. The van der Waals surface area contributed by atoms with Gasteiger partial charge in [0.15, 0.2) is 0 Å². The van der Waals surface area contributed by atoms with Gasteiger partial charge in [0.05, 0.1) is 23.4 Å². The monoisotopic (exact) mass is 255 g/mol. The Morgan fingerprint density at radius 2 is 2.05 bits per heavy atom. The van der Waals surface area contributed by atoms with Crippen molar-refractivity contribution in [3.8, 4) is 0 Å². The Morgan fingerprint density at radius 1 is 1.21 bits per heavy atom. The highest BCUT2D eigenvalue weighted by Gasteiger charge is 2.12. The predicted octanol–water partition coefficient (Wildman–Crippen LogP) is 3.37. The van der Waals surface area contributed by atoms with Gasteiger partial charge in [0.1, 0.15) is 5.82 Å². The Labute approximate surface area is 110 Å². The number of fused-ring (bicyclic) bond motifs is 1. The Balaban J connectivity index is 2.09. The molecule has 2 N–H and O–H groups in total. The summed E-state index contributed by atoms with van der Waals surface area (Å²) in [5, 5.41) is 0. The van der Waals surface area contributed by atoms with Crippen LogP contribution in [0.15, 0.2) is 48.8 Å². The number of nitrogens with two attached hydrogens (primary N) is 1. The summed E-state index contributed by atoms with van der Waals surface area (Å²) < 4.78 is 15.3. The van der Waals surface area contributed by atoms with E-state index < -0.39 is 0 Å². The van der Waals surface area contributed by atoms with Crippen molar-refractivity contribution in [1.82, 2.24) is 9.55 Å². The van der Waals surface area contributed by atoms with E-state index in [1.165, 1.54) is 6.07 Å². The molecule has 0 saturated heterocycles. The molecule has 0 radical (unpaired) electrons. The fraction of sp³-hybridized carbons (Fsp3) is 0.133. The molecule has 1 unspecified atom stereocenters. The standard InChI is InChI=1S/C15H14FN3/c1-10(11-3-2-4-12(16)7-11)19-9-18-14-8-13(17)5-6-15(14)19/h2-10H,17H2,1H3. The molecule has 3 nitrogen and oxygen atoms in total. The highest BCUT2D eigenvalue weighted by atomic mass is 19.1. The highest BCUT2D eigenvalue weighted by molar-refractivity contribution is 5.79. The van der Waals surface area contributed by atoms with Gasteiger partial charge in [-0.05, 0) is 42.8 Å². The molecule has 0 bridgehead atoms. The number of nitrogen functional groups attached to an aromatic ring is 1. The fourth-order valence-corrected chi connectivity index (χ4v) is 2.28. The second-order valence-corrected chi connectivity index (χ2v) is 4.63. The van der Waals surface area contributed by atoms with Crippen LogP contribution in [0.1, 0.15) is 18.5 Å². The van der Waals surface area contributed by atoms with Gasteiger partial charge in [-0.2, -0.15) is 0 Å². The van der Waals surface area contributed by atoms with Crippen LogP contribution in [-0.4, -0.2) is 9.55 Å². The molecule has 3 rings (SSSR count). The summed E-state index contributed by atoms with van der Waals surface area (Å²) in [4.78, 5) is 4.34. The lowest BCUT2D eigenvalue weighted by molar-refractivity contribution is 0.610. The Hall–Kier alpha value is -2.36. The van der Waals surface area contributed by atoms with E-state index in [1.807, 2.05) is 35.8 Å². The highest BCUT2D eigenvalue weighted by Crippen LogP contribution is 2.24. The number of hydrogen-bond acceptors (Lipinski definition) is 2. The third-order valence-corrected chi connectivity index (χ3v) is 3.35. The van der Waals surface area contributed by atoms with Crippen LogP contribution in [-0.2, 0) is 0 Å². The Kier molecular flexibility index (Phi) is 2.71. The van der Waals surface area contributed by atoms with Crippen molar-refractivity contribution < 1.29 is 4.39 Å². The van der Waals surface area contributed by atoms with E-state index in [4.69, 9.17) is 5.73 Å². The zero-order valence-electron chi connectivity index (χ0n) is 10.5. The fourth-order valence-electron chi connectivity index (χ4n) is 2.28. The van der Waals surface area contributed by atoms with Crippen LogP contribution >= 0.6 is 0 Å². The maximum Gasteiger partial charge on any atom is 0.123 e. The minimum atomic E-state index is -0.224. The van der Waals surface area contributed by atoms with Gasteiger partial charge in [-0.1, -0.05) is 12.1 Å². The van der Waals surface area contributed by atoms with Crippen molar-refractivity contribution in [2.24, 2.45) is 0 Å². The van der Waals surface area contributed by atoms with Gasteiger partial charge in [-0.3, -0.25) is 0 Å². The lowest BCUT2D eigenvalue weighted by atomic mass is 10.1. The smallest absolute Gasteiger partial charge is 0.123 e. The van der Waals surface area contributed by atoms with Gasteiger partial charge >= 0.3 is 0 Å². The minimum absolute atomic E-state index is 0.0179. The molecular formula is C15H14FN3. The first-order valence-corrected chi connectivity index (χ1v) is 6.12. The van der Waals surface area contributed by atoms with Crippen molar-refractivity contribution in [1.29, 1.82) is 0 Å². The molecule has 1 aromatic heterocycles. The van der Waals surface area contributed by atoms with Gasteiger partial charge < -0.3 is 10.3 Å². The van der Waals surface area contributed by atoms with Crippen LogP contribution in [0, 0.1) is 5.82 Å². The van der Waals surface area contributed by atoms with E-state index in [0.717, 1.165) is 16.6 Å². The molecule has 19 heavy (non-hydrogen) atoms. The topological polar surface area (TPSA) is 43.8 Å². The first-order valence-electron chi connectivity index (χ1n) is 6.12. The SMILES string of the molecule is CC(c1cccc(F)c1)n1cnc2cc(N)ccc21. The molecule has 96 valence electrons.